The molecule has 1 heterocycles. The first-order valence-corrected chi connectivity index (χ1v) is 5.65. The van der Waals surface area contributed by atoms with Crippen LogP contribution in [0.4, 0.5) is 0 Å². The lowest BCUT2D eigenvalue weighted by molar-refractivity contribution is 0.184. The summed E-state index contributed by atoms with van der Waals surface area (Å²) in [6, 6.07) is 8.15. The minimum atomic E-state index is 0.594. The van der Waals surface area contributed by atoms with Crippen molar-refractivity contribution >= 4 is 0 Å². The van der Waals surface area contributed by atoms with Crippen LogP contribution in [0.5, 0.6) is 0 Å². The highest BCUT2D eigenvalue weighted by molar-refractivity contribution is 5.42. The first-order chi connectivity index (χ1) is 8.36. The van der Waals surface area contributed by atoms with E-state index in [1.807, 2.05) is 24.7 Å². The number of benzene rings is 1. The van der Waals surface area contributed by atoms with Crippen LogP contribution in [0.3, 0.4) is 0 Å². The van der Waals surface area contributed by atoms with Gasteiger partial charge in [-0.2, -0.15) is 0 Å². The summed E-state index contributed by atoms with van der Waals surface area (Å²) in [5.41, 5.74) is 8.97. The van der Waals surface area contributed by atoms with Crippen molar-refractivity contribution in [2.45, 2.75) is 13.0 Å². The van der Waals surface area contributed by atoms with Gasteiger partial charge in [-0.1, -0.05) is 18.2 Å². The summed E-state index contributed by atoms with van der Waals surface area (Å²) in [5.74, 6) is 0. The van der Waals surface area contributed by atoms with Gasteiger partial charge in [-0.3, -0.25) is 0 Å². The molecular weight excluding hydrogens is 214 g/mol. The average molecular weight is 231 g/mol. The Morgan fingerprint density at radius 2 is 2.18 bits per heavy atom. The van der Waals surface area contributed by atoms with Gasteiger partial charge in [-0.25, -0.2) is 4.98 Å². The van der Waals surface area contributed by atoms with E-state index in [4.69, 9.17) is 10.5 Å². The molecular formula is C13H17N3O. The quantitative estimate of drug-likeness (QED) is 0.848. The molecule has 1 aromatic carbocycles. The Bertz CT molecular complexity index is 479. The van der Waals surface area contributed by atoms with Gasteiger partial charge in [0.1, 0.15) is 0 Å². The van der Waals surface area contributed by atoms with E-state index >= 15 is 0 Å². The van der Waals surface area contributed by atoms with Gasteiger partial charge in [0.2, 0.25) is 0 Å². The Morgan fingerprint density at radius 1 is 1.35 bits per heavy atom. The number of methoxy groups -OCH3 is 1. The van der Waals surface area contributed by atoms with Crippen molar-refractivity contribution in [2.75, 3.05) is 13.7 Å². The van der Waals surface area contributed by atoms with E-state index in [9.17, 15) is 0 Å². The zero-order valence-corrected chi connectivity index (χ0v) is 9.97. The van der Waals surface area contributed by atoms with Gasteiger partial charge in [0.15, 0.2) is 0 Å². The molecule has 4 nitrogen and oxygen atoms in total. The molecule has 2 aromatic rings. The van der Waals surface area contributed by atoms with Crippen LogP contribution in [0.2, 0.25) is 0 Å². The molecule has 17 heavy (non-hydrogen) atoms. The summed E-state index contributed by atoms with van der Waals surface area (Å²) < 4.78 is 7.28. The van der Waals surface area contributed by atoms with Crippen LogP contribution in [0, 0.1) is 0 Å². The molecule has 90 valence electrons. The summed E-state index contributed by atoms with van der Waals surface area (Å²) >= 11 is 0. The van der Waals surface area contributed by atoms with Crippen LogP contribution in [0.25, 0.3) is 5.69 Å². The topological polar surface area (TPSA) is 53.1 Å². The minimum Gasteiger partial charge on any atom is -0.380 e. The van der Waals surface area contributed by atoms with Gasteiger partial charge in [0, 0.05) is 31.0 Å². The molecule has 0 saturated heterocycles. The van der Waals surface area contributed by atoms with E-state index in [0.29, 0.717) is 13.2 Å². The monoisotopic (exact) mass is 231 g/mol. The lowest BCUT2D eigenvalue weighted by atomic mass is 10.2. The molecule has 0 aliphatic heterocycles. The molecule has 0 fully saturated rings. The van der Waals surface area contributed by atoms with Crippen LogP contribution in [0.1, 0.15) is 11.3 Å². The minimum absolute atomic E-state index is 0.594. The van der Waals surface area contributed by atoms with Crippen molar-refractivity contribution in [3.63, 3.8) is 0 Å². The highest BCUT2D eigenvalue weighted by Gasteiger charge is 2.07. The number of nitrogens with zero attached hydrogens (tertiary/aromatic N) is 2. The molecule has 0 radical (unpaired) electrons. The first kappa shape index (κ1) is 11.8. The molecule has 0 unspecified atom stereocenters. The first-order valence-electron chi connectivity index (χ1n) is 5.65. The van der Waals surface area contributed by atoms with E-state index in [2.05, 4.69) is 21.7 Å². The number of ether oxygens (including phenoxy) is 1. The van der Waals surface area contributed by atoms with Gasteiger partial charge in [-0.05, 0) is 12.6 Å². The third-order valence-corrected chi connectivity index (χ3v) is 2.67. The number of imidazole rings is 1. The van der Waals surface area contributed by atoms with Gasteiger partial charge in [0.05, 0.1) is 18.6 Å². The molecule has 0 saturated carbocycles. The van der Waals surface area contributed by atoms with Gasteiger partial charge < -0.3 is 15.0 Å². The highest BCUT2D eigenvalue weighted by atomic mass is 16.5. The van der Waals surface area contributed by atoms with Gasteiger partial charge in [0.25, 0.3) is 0 Å². The molecule has 0 aliphatic carbocycles. The second-order valence-electron chi connectivity index (χ2n) is 3.86. The van der Waals surface area contributed by atoms with E-state index in [0.717, 1.165) is 23.4 Å². The van der Waals surface area contributed by atoms with Crippen molar-refractivity contribution in [2.24, 2.45) is 5.73 Å². The second kappa shape index (κ2) is 5.61. The fraction of sp³-hybridized carbons (Fsp3) is 0.308. The predicted octanol–water partition coefficient (Wildman–Crippen LogP) is 1.52. The lowest BCUT2D eigenvalue weighted by Crippen LogP contribution is -2.08. The van der Waals surface area contributed by atoms with Gasteiger partial charge >= 0.3 is 0 Å². The average Bonchev–Trinajstić information content (AvgIpc) is 2.79. The molecule has 2 N–H and O–H groups in total. The summed E-state index contributed by atoms with van der Waals surface area (Å²) in [6.07, 6.45) is 4.50. The zero-order chi connectivity index (χ0) is 12.1. The molecule has 0 spiro atoms. The van der Waals surface area contributed by atoms with Crippen LogP contribution in [0.15, 0.2) is 36.8 Å². The number of rotatable bonds is 5. The van der Waals surface area contributed by atoms with Crippen molar-refractivity contribution in [3.05, 3.63) is 48.0 Å². The maximum Gasteiger partial charge on any atom is 0.0994 e. The SMILES string of the molecule is COCc1ccccc1-n1cncc1CCN. The molecule has 0 bridgehead atoms. The predicted molar refractivity (Wildman–Crippen MR) is 67.0 cm³/mol. The molecule has 1 aromatic heterocycles. The van der Waals surface area contributed by atoms with Crippen LogP contribution in [-0.2, 0) is 17.8 Å². The van der Waals surface area contributed by atoms with Crippen LogP contribution in [-0.4, -0.2) is 23.2 Å². The smallest absolute Gasteiger partial charge is 0.0994 e. The normalized spacial score (nSPS) is 10.7. The van der Waals surface area contributed by atoms with Crippen molar-refractivity contribution in [3.8, 4) is 5.69 Å². The fourth-order valence-corrected chi connectivity index (χ4v) is 1.90. The maximum absolute atomic E-state index is 5.60. The summed E-state index contributed by atoms with van der Waals surface area (Å²) in [6.45, 7) is 1.22. The Balaban J connectivity index is 2.41. The third-order valence-electron chi connectivity index (χ3n) is 2.67. The summed E-state index contributed by atoms with van der Waals surface area (Å²) in [7, 11) is 1.70. The van der Waals surface area contributed by atoms with E-state index in [-0.39, 0.29) is 0 Å². The fourth-order valence-electron chi connectivity index (χ4n) is 1.90. The Kier molecular flexibility index (Phi) is 3.90. The van der Waals surface area contributed by atoms with E-state index in [1.54, 1.807) is 7.11 Å². The number of hydrogen-bond donors (Lipinski definition) is 1. The number of nitrogens with two attached hydrogens (primary N) is 1. The molecule has 0 atom stereocenters. The van der Waals surface area contributed by atoms with E-state index < -0.39 is 0 Å². The van der Waals surface area contributed by atoms with Crippen molar-refractivity contribution in [1.82, 2.24) is 9.55 Å². The molecule has 0 amide bonds. The Labute approximate surface area is 101 Å². The number of hydrogen-bond acceptors (Lipinski definition) is 3. The molecule has 2 rings (SSSR count). The zero-order valence-electron chi connectivity index (χ0n) is 9.97. The van der Waals surface area contributed by atoms with Gasteiger partial charge in [-0.15, -0.1) is 0 Å². The van der Waals surface area contributed by atoms with Crippen molar-refractivity contribution in [1.29, 1.82) is 0 Å². The second-order valence-corrected chi connectivity index (χ2v) is 3.86. The summed E-state index contributed by atoms with van der Waals surface area (Å²) in [5, 5.41) is 0. The number of aromatic nitrogens is 2. The summed E-state index contributed by atoms with van der Waals surface area (Å²) in [4.78, 5) is 4.18. The maximum atomic E-state index is 5.60. The standard InChI is InChI=1S/C13H17N3O/c1-17-9-11-4-2-3-5-13(11)16-10-15-8-12(16)6-7-14/h2-5,8,10H,6-7,9,14H2,1H3. The van der Waals surface area contributed by atoms with Crippen LogP contribution >= 0.6 is 0 Å². The lowest BCUT2D eigenvalue weighted by Gasteiger charge is -2.12. The molecule has 4 heteroatoms. The third kappa shape index (κ3) is 2.54. The number of para-hydroxylation sites is 1. The Hall–Kier alpha value is -1.65. The molecule has 0 aliphatic rings. The highest BCUT2D eigenvalue weighted by Crippen LogP contribution is 2.17. The van der Waals surface area contributed by atoms with Crippen molar-refractivity contribution < 1.29 is 4.74 Å². The largest absolute Gasteiger partial charge is 0.380 e. The van der Waals surface area contributed by atoms with Crippen LogP contribution < -0.4 is 5.73 Å². The Morgan fingerprint density at radius 3 is 2.94 bits per heavy atom. The van der Waals surface area contributed by atoms with E-state index in [1.165, 1.54) is 0 Å².